The molecular formula is C30H31N3O3. The number of rotatable bonds is 9. The molecule has 184 valence electrons. The van der Waals surface area contributed by atoms with Crippen molar-refractivity contribution >= 4 is 12.0 Å². The van der Waals surface area contributed by atoms with Gasteiger partial charge in [-0.2, -0.15) is 5.10 Å². The molecule has 0 bridgehead atoms. The van der Waals surface area contributed by atoms with Gasteiger partial charge >= 0.3 is 0 Å². The molecule has 0 saturated heterocycles. The first-order valence-electron chi connectivity index (χ1n) is 11.9. The molecule has 0 aliphatic carbocycles. The predicted octanol–water partition coefficient (Wildman–Crippen LogP) is 5.71. The second kappa shape index (κ2) is 11.4. The second-order valence-corrected chi connectivity index (χ2v) is 8.62. The van der Waals surface area contributed by atoms with E-state index in [1.165, 1.54) is 0 Å². The van der Waals surface area contributed by atoms with Gasteiger partial charge < -0.3 is 14.8 Å². The van der Waals surface area contributed by atoms with Crippen molar-refractivity contribution in [3.8, 4) is 17.2 Å². The lowest BCUT2D eigenvalue weighted by atomic mass is 10.1. The highest BCUT2D eigenvalue weighted by Gasteiger charge is 2.13. The number of hydrogen-bond donors (Lipinski definition) is 1. The molecular weight excluding hydrogens is 450 g/mol. The lowest BCUT2D eigenvalue weighted by molar-refractivity contribution is -0.116. The van der Waals surface area contributed by atoms with Gasteiger partial charge in [-0.05, 0) is 74.4 Å². The number of benzene rings is 3. The third-order valence-electron chi connectivity index (χ3n) is 6.00. The summed E-state index contributed by atoms with van der Waals surface area (Å²) in [7, 11) is 1.64. The molecule has 0 spiro atoms. The van der Waals surface area contributed by atoms with Crippen molar-refractivity contribution in [1.29, 1.82) is 0 Å². The first-order valence-corrected chi connectivity index (χ1v) is 11.9. The van der Waals surface area contributed by atoms with Crippen LogP contribution in [-0.2, 0) is 17.9 Å². The average Bonchev–Trinajstić information content (AvgIpc) is 3.18. The molecule has 0 aliphatic heterocycles. The summed E-state index contributed by atoms with van der Waals surface area (Å²) in [5.41, 5.74) is 6.85. The van der Waals surface area contributed by atoms with Crippen LogP contribution in [0.3, 0.4) is 0 Å². The van der Waals surface area contributed by atoms with Gasteiger partial charge in [0.25, 0.3) is 0 Å². The van der Waals surface area contributed by atoms with Crippen molar-refractivity contribution in [2.24, 2.45) is 0 Å². The number of ether oxygens (including phenoxy) is 2. The summed E-state index contributed by atoms with van der Waals surface area (Å²) < 4.78 is 13.3. The highest BCUT2D eigenvalue weighted by atomic mass is 16.5. The van der Waals surface area contributed by atoms with Gasteiger partial charge in [-0.1, -0.05) is 36.4 Å². The van der Waals surface area contributed by atoms with Crippen LogP contribution in [-0.4, -0.2) is 22.8 Å². The minimum atomic E-state index is -0.172. The molecule has 0 atom stereocenters. The fourth-order valence-electron chi connectivity index (χ4n) is 4.04. The monoisotopic (exact) mass is 481 g/mol. The van der Waals surface area contributed by atoms with Gasteiger partial charge in [-0.25, -0.2) is 4.68 Å². The smallest absolute Gasteiger partial charge is 0.244 e. The number of nitrogens with one attached hydrogen (secondary N) is 1. The van der Waals surface area contributed by atoms with Crippen LogP contribution < -0.4 is 14.8 Å². The number of aromatic nitrogens is 2. The summed E-state index contributed by atoms with van der Waals surface area (Å²) in [6.07, 6.45) is 3.33. The lowest BCUT2D eigenvalue weighted by Gasteiger charge is -2.11. The number of carbonyl (C=O) groups excluding carboxylic acids is 1. The molecule has 3 aromatic carbocycles. The van der Waals surface area contributed by atoms with Crippen molar-refractivity contribution in [2.45, 2.75) is 33.9 Å². The van der Waals surface area contributed by atoms with Crippen molar-refractivity contribution in [3.63, 3.8) is 0 Å². The van der Waals surface area contributed by atoms with Gasteiger partial charge in [0.15, 0.2) is 0 Å². The molecule has 1 N–H and O–H groups in total. The number of para-hydroxylation sites is 1. The topological polar surface area (TPSA) is 65.4 Å². The molecule has 6 nitrogen and oxygen atoms in total. The van der Waals surface area contributed by atoms with Gasteiger partial charge in [0, 0.05) is 29.4 Å². The Labute approximate surface area is 212 Å². The molecule has 0 saturated carbocycles. The minimum absolute atomic E-state index is 0.172. The fourth-order valence-corrected chi connectivity index (χ4v) is 4.04. The van der Waals surface area contributed by atoms with Crippen LogP contribution >= 0.6 is 0 Å². The standard InChI is InChI=1S/C30H31N3O3/c1-21-9-8-12-27(17-21)36-20-25-18-24(13-15-29(25)35-4)14-16-30(34)31-19-28-22(2)32-33(23(28)3)26-10-6-5-7-11-26/h5-18H,19-20H2,1-4H3,(H,31,34)/b16-14+. The maximum Gasteiger partial charge on any atom is 0.244 e. The molecule has 0 unspecified atom stereocenters. The van der Waals surface area contributed by atoms with Crippen LogP contribution in [0.5, 0.6) is 11.5 Å². The predicted molar refractivity (Wildman–Crippen MR) is 142 cm³/mol. The van der Waals surface area contributed by atoms with E-state index in [-0.39, 0.29) is 5.91 Å². The minimum Gasteiger partial charge on any atom is -0.496 e. The van der Waals surface area contributed by atoms with Crippen LogP contribution in [0.4, 0.5) is 0 Å². The molecule has 36 heavy (non-hydrogen) atoms. The van der Waals surface area contributed by atoms with E-state index >= 15 is 0 Å². The Morgan fingerprint density at radius 1 is 1.00 bits per heavy atom. The molecule has 1 heterocycles. The summed E-state index contributed by atoms with van der Waals surface area (Å²) in [5, 5.41) is 7.62. The average molecular weight is 482 g/mol. The van der Waals surface area contributed by atoms with Crippen molar-refractivity contribution in [1.82, 2.24) is 15.1 Å². The summed E-state index contributed by atoms with van der Waals surface area (Å²) in [6.45, 7) is 6.78. The van der Waals surface area contributed by atoms with Crippen molar-refractivity contribution in [2.75, 3.05) is 7.11 Å². The Kier molecular flexibility index (Phi) is 7.85. The Hall–Kier alpha value is -4.32. The summed E-state index contributed by atoms with van der Waals surface area (Å²) in [6, 6.07) is 23.7. The number of amides is 1. The number of hydrogen-bond acceptors (Lipinski definition) is 4. The zero-order valence-corrected chi connectivity index (χ0v) is 21.1. The first kappa shape index (κ1) is 24.8. The van der Waals surface area contributed by atoms with Crippen LogP contribution in [0.1, 0.15) is 33.6 Å². The van der Waals surface area contributed by atoms with Gasteiger partial charge in [0.1, 0.15) is 18.1 Å². The normalized spacial score (nSPS) is 11.0. The zero-order valence-electron chi connectivity index (χ0n) is 21.1. The number of methoxy groups -OCH3 is 1. The Morgan fingerprint density at radius 3 is 2.56 bits per heavy atom. The van der Waals surface area contributed by atoms with Crippen LogP contribution in [0.2, 0.25) is 0 Å². The molecule has 4 aromatic rings. The highest BCUT2D eigenvalue weighted by Crippen LogP contribution is 2.23. The molecule has 6 heteroatoms. The van der Waals surface area contributed by atoms with Crippen molar-refractivity contribution in [3.05, 3.63) is 113 Å². The van der Waals surface area contributed by atoms with Gasteiger partial charge in [0.05, 0.1) is 18.5 Å². The lowest BCUT2D eigenvalue weighted by Crippen LogP contribution is -2.21. The summed E-state index contributed by atoms with van der Waals surface area (Å²) in [4.78, 5) is 12.6. The van der Waals surface area contributed by atoms with E-state index in [1.54, 1.807) is 19.3 Å². The molecule has 4 rings (SSSR count). The molecule has 0 aliphatic rings. The van der Waals surface area contributed by atoms with E-state index in [0.29, 0.717) is 13.2 Å². The second-order valence-electron chi connectivity index (χ2n) is 8.62. The summed E-state index contributed by atoms with van der Waals surface area (Å²) in [5.74, 6) is 1.37. The van der Waals surface area contributed by atoms with E-state index < -0.39 is 0 Å². The van der Waals surface area contributed by atoms with E-state index in [1.807, 2.05) is 98.2 Å². The van der Waals surface area contributed by atoms with Crippen LogP contribution in [0.15, 0.2) is 78.9 Å². The summed E-state index contributed by atoms with van der Waals surface area (Å²) >= 11 is 0. The molecule has 1 amide bonds. The zero-order chi connectivity index (χ0) is 25.5. The number of nitrogens with zero attached hydrogens (tertiary/aromatic N) is 2. The maximum atomic E-state index is 12.6. The Morgan fingerprint density at radius 2 is 1.81 bits per heavy atom. The van der Waals surface area contributed by atoms with E-state index in [9.17, 15) is 4.79 Å². The molecule has 1 aromatic heterocycles. The first-order chi connectivity index (χ1) is 17.4. The maximum absolute atomic E-state index is 12.6. The highest BCUT2D eigenvalue weighted by molar-refractivity contribution is 5.91. The van der Waals surface area contributed by atoms with Crippen molar-refractivity contribution < 1.29 is 14.3 Å². The Bertz CT molecular complexity index is 1370. The fraction of sp³-hybridized carbons (Fsp3) is 0.200. The van der Waals surface area contributed by atoms with E-state index in [0.717, 1.165) is 50.8 Å². The largest absolute Gasteiger partial charge is 0.496 e. The third kappa shape index (κ3) is 6.02. The van der Waals surface area contributed by atoms with Crippen LogP contribution in [0, 0.1) is 20.8 Å². The van der Waals surface area contributed by atoms with Gasteiger partial charge in [0.2, 0.25) is 5.91 Å². The number of aryl methyl sites for hydroxylation is 2. The quantitative estimate of drug-likeness (QED) is 0.311. The van der Waals surface area contributed by atoms with E-state index in [4.69, 9.17) is 9.47 Å². The van der Waals surface area contributed by atoms with Gasteiger partial charge in [-0.3, -0.25) is 4.79 Å². The molecule has 0 fully saturated rings. The van der Waals surface area contributed by atoms with E-state index in [2.05, 4.69) is 10.4 Å². The SMILES string of the molecule is COc1ccc(/C=C/C(=O)NCc2c(C)nn(-c3ccccc3)c2C)cc1COc1cccc(C)c1. The number of carbonyl (C=O) groups is 1. The van der Waals surface area contributed by atoms with Gasteiger partial charge in [-0.15, -0.1) is 0 Å². The molecule has 0 radical (unpaired) electrons. The Balaban J connectivity index is 1.40. The van der Waals surface area contributed by atoms with Crippen LogP contribution in [0.25, 0.3) is 11.8 Å². The third-order valence-corrected chi connectivity index (χ3v) is 6.00.